The molecular weight excluding hydrogens is 345 g/mol. The van der Waals surface area contributed by atoms with Gasteiger partial charge in [0.15, 0.2) is 0 Å². The largest absolute Gasteiger partial charge is 0.340 e. The number of amides is 1. The van der Waals surface area contributed by atoms with E-state index in [1.54, 1.807) is 6.07 Å². The van der Waals surface area contributed by atoms with Gasteiger partial charge in [-0.25, -0.2) is 0 Å². The summed E-state index contributed by atoms with van der Waals surface area (Å²) in [6, 6.07) is 5.64. The Morgan fingerprint density at radius 2 is 1.92 bits per heavy atom. The van der Waals surface area contributed by atoms with Gasteiger partial charge in [-0.3, -0.25) is 9.69 Å². The first kappa shape index (κ1) is 18.0. The van der Waals surface area contributed by atoms with Gasteiger partial charge < -0.3 is 9.80 Å². The fourth-order valence-electron chi connectivity index (χ4n) is 3.58. The Balaban J connectivity index is 1.58. The van der Waals surface area contributed by atoms with Crippen LogP contribution in [0.2, 0.25) is 10.0 Å². The Morgan fingerprint density at radius 3 is 2.62 bits per heavy atom. The molecule has 3 rings (SSSR count). The van der Waals surface area contributed by atoms with Crippen molar-refractivity contribution in [1.29, 1.82) is 0 Å². The first-order valence-electron chi connectivity index (χ1n) is 8.66. The van der Waals surface area contributed by atoms with E-state index in [9.17, 15) is 4.79 Å². The van der Waals surface area contributed by atoms with Crippen molar-refractivity contribution in [3.05, 3.63) is 33.8 Å². The van der Waals surface area contributed by atoms with Gasteiger partial charge in [0, 0.05) is 49.3 Å². The Kier molecular flexibility index (Phi) is 6.03. The molecule has 0 aromatic heterocycles. The molecule has 1 aromatic rings. The lowest BCUT2D eigenvalue weighted by Gasteiger charge is -2.38. The third-order valence-electron chi connectivity index (χ3n) is 5.08. The van der Waals surface area contributed by atoms with Crippen LogP contribution < -0.4 is 0 Å². The summed E-state index contributed by atoms with van der Waals surface area (Å²) in [6.45, 7) is 6.28. The minimum Gasteiger partial charge on any atom is -0.340 e. The second kappa shape index (κ2) is 8.05. The van der Waals surface area contributed by atoms with Crippen LogP contribution in [0.1, 0.15) is 18.4 Å². The highest BCUT2D eigenvalue weighted by Crippen LogP contribution is 2.25. The molecule has 2 fully saturated rings. The van der Waals surface area contributed by atoms with Crippen molar-refractivity contribution in [1.82, 2.24) is 14.7 Å². The minimum absolute atomic E-state index is 0.119. The summed E-state index contributed by atoms with van der Waals surface area (Å²) in [7, 11) is 2.11. The van der Waals surface area contributed by atoms with Gasteiger partial charge in [0.05, 0.1) is 5.92 Å². The van der Waals surface area contributed by atoms with E-state index < -0.39 is 0 Å². The number of carbonyl (C=O) groups excluding carboxylic acids is 1. The van der Waals surface area contributed by atoms with Gasteiger partial charge in [-0.1, -0.05) is 29.3 Å². The van der Waals surface area contributed by atoms with Gasteiger partial charge in [0.1, 0.15) is 0 Å². The summed E-state index contributed by atoms with van der Waals surface area (Å²) in [5.41, 5.74) is 1.08. The predicted molar refractivity (Wildman–Crippen MR) is 98.5 cm³/mol. The number of likely N-dealkylation sites (tertiary alicyclic amines) is 1. The SMILES string of the molecule is CN1CCN(C(=O)[C@H]2CCCN(Cc3ccc(Cl)cc3Cl)C2)CC1. The van der Waals surface area contributed by atoms with Crippen LogP contribution in [0.4, 0.5) is 0 Å². The highest BCUT2D eigenvalue weighted by atomic mass is 35.5. The molecule has 2 heterocycles. The van der Waals surface area contributed by atoms with Gasteiger partial charge in [0.2, 0.25) is 5.91 Å². The molecule has 1 aromatic carbocycles. The Bertz CT molecular complexity index is 588. The van der Waals surface area contributed by atoms with Crippen LogP contribution in [0.5, 0.6) is 0 Å². The Morgan fingerprint density at radius 1 is 1.17 bits per heavy atom. The molecule has 132 valence electrons. The predicted octanol–water partition coefficient (Wildman–Crippen LogP) is 2.98. The van der Waals surface area contributed by atoms with E-state index in [0.717, 1.165) is 64.2 Å². The van der Waals surface area contributed by atoms with E-state index in [1.807, 2.05) is 17.0 Å². The van der Waals surface area contributed by atoms with E-state index in [4.69, 9.17) is 23.2 Å². The lowest BCUT2D eigenvalue weighted by molar-refractivity contribution is -0.139. The summed E-state index contributed by atoms with van der Waals surface area (Å²) in [5, 5.41) is 1.36. The van der Waals surface area contributed by atoms with Crippen LogP contribution in [0.15, 0.2) is 18.2 Å². The maximum absolute atomic E-state index is 12.8. The van der Waals surface area contributed by atoms with Crippen LogP contribution in [0, 0.1) is 5.92 Å². The van der Waals surface area contributed by atoms with Gasteiger partial charge in [0.25, 0.3) is 0 Å². The summed E-state index contributed by atoms with van der Waals surface area (Å²) < 4.78 is 0. The van der Waals surface area contributed by atoms with Crippen molar-refractivity contribution in [3.63, 3.8) is 0 Å². The standard InChI is InChI=1S/C18H25Cl2N3O/c1-21-7-9-23(10-8-21)18(24)15-3-2-6-22(13-15)12-14-4-5-16(19)11-17(14)20/h4-5,11,15H,2-3,6-10,12-13H2,1H3/t15-/m0/s1. The molecule has 4 nitrogen and oxygen atoms in total. The van der Waals surface area contributed by atoms with E-state index in [1.165, 1.54) is 0 Å². The molecule has 0 spiro atoms. The van der Waals surface area contributed by atoms with Crippen molar-refractivity contribution < 1.29 is 4.79 Å². The van der Waals surface area contributed by atoms with Crippen LogP contribution in [0.25, 0.3) is 0 Å². The number of rotatable bonds is 3. The number of piperazine rings is 1. The van der Waals surface area contributed by atoms with Crippen LogP contribution in [-0.4, -0.2) is 66.9 Å². The van der Waals surface area contributed by atoms with Crippen LogP contribution >= 0.6 is 23.2 Å². The second-order valence-electron chi connectivity index (χ2n) is 6.94. The molecule has 0 N–H and O–H groups in total. The molecule has 2 saturated heterocycles. The lowest BCUT2D eigenvalue weighted by atomic mass is 9.95. The smallest absolute Gasteiger partial charge is 0.227 e. The first-order chi connectivity index (χ1) is 11.5. The van der Waals surface area contributed by atoms with E-state index >= 15 is 0 Å². The molecule has 0 aliphatic carbocycles. The zero-order valence-electron chi connectivity index (χ0n) is 14.2. The van der Waals surface area contributed by atoms with E-state index in [2.05, 4.69) is 16.8 Å². The number of carbonyl (C=O) groups is 1. The molecule has 0 unspecified atom stereocenters. The zero-order chi connectivity index (χ0) is 17.1. The second-order valence-corrected chi connectivity index (χ2v) is 7.78. The van der Waals surface area contributed by atoms with Gasteiger partial charge >= 0.3 is 0 Å². The maximum Gasteiger partial charge on any atom is 0.227 e. The third-order valence-corrected chi connectivity index (χ3v) is 5.67. The monoisotopic (exact) mass is 369 g/mol. The zero-order valence-corrected chi connectivity index (χ0v) is 15.7. The quantitative estimate of drug-likeness (QED) is 0.819. The highest BCUT2D eigenvalue weighted by molar-refractivity contribution is 6.35. The molecule has 0 saturated carbocycles. The molecule has 1 amide bonds. The van der Waals surface area contributed by atoms with Crippen molar-refractivity contribution in [2.24, 2.45) is 5.92 Å². The fraction of sp³-hybridized carbons (Fsp3) is 0.611. The van der Waals surface area contributed by atoms with Crippen LogP contribution in [-0.2, 0) is 11.3 Å². The number of hydrogen-bond donors (Lipinski definition) is 0. The van der Waals surface area contributed by atoms with Gasteiger partial charge in [-0.2, -0.15) is 0 Å². The first-order valence-corrected chi connectivity index (χ1v) is 9.42. The summed E-state index contributed by atoms with van der Waals surface area (Å²) in [5.74, 6) is 0.447. The van der Waals surface area contributed by atoms with E-state index in [-0.39, 0.29) is 5.92 Å². The number of piperidine rings is 1. The van der Waals surface area contributed by atoms with Crippen molar-refractivity contribution in [3.8, 4) is 0 Å². The molecule has 1 atom stereocenters. The molecule has 0 radical (unpaired) electrons. The highest BCUT2D eigenvalue weighted by Gasteiger charge is 2.30. The summed E-state index contributed by atoms with van der Waals surface area (Å²) >= 11 is 12.3. The Labute approximate surface area is 154 Å². The normalized spacial score (nSPS) is 23.5. The molecule has 0 bridgehead atoms. The van der Waals surface area contributed by atoms with Crippen molar-refractivity contribution in [2.45, 2.75) is 19.4 Å². The number of likely N-dealkylation sites (N-methyl/N-ethyl adjacent to an activating group) is 1. The Hall–Kier alpha value is -0.810. The van der Waals surface area contributed by atoms with Crippen molar-refractivity contribution in [2.75, 3.05) is 46.3 Å². The maximum atomic E-state index is 12.8. The average Bonchev–Trinajstić information content (AvgIpc) is 2.58. The molecule has 2 aliphatic heterocycles. The molecule has 6 heteroatoms. The van der Waals surface area contributed by atoms with Crippen LogP contribution in [0.3, 0.4) is 0 Å². The topological polar surface area (TPSA) is 26.8 Å². The number of hydrogen-bond acceptors (Lipinski definition) is 3. The lowest BCUT2D eigenvalue weighted by Crippen LogP contribution is -2.51. The molecule has 24 heavy (non-hydrogen) atoms. The van der Waals surface area contributed by atoms with Crippen molar-refractivity contribution >= 4 is 29.1 Å². The fourth-order valence-corrected chi connectivity index (χ4v) is 4.04. The molecular formula is C18H25Cl2N3O. The third kappa shape index (κ3) is 4.42. The average molecular weight is 370 g/mol. The van der Waals surface area contributed by atoms with Gasteiger partial charge in [-0.05, 0) is 44.1 Å². The summed E-state index contributed by atoms with van der Waals surface area (Å²) in [6.07, 6.45) is 2.06. The number of benzene rings is 1. The number of nitrogens with zero attached hydrogens (tertiary/aromatic N) is 3. The number of halogens is 2. The molecule has 2 aliphatic rings. The minimum atomic E-state index is 0.119. The van der Waals surface area contributed by atoms with E-state index in [0.29, 0.717) is 16.0 Å². The summed E-state index contributed by atoms with van der Waals surface area (Å²) in [4.78, 5) is 19.5. The van der Waals surface area contributed by atoms with Gasteiger partial charge in [-0.15, -0.1) is 0 Å².